The van der Waals surface area contributed by atoms with Crippen LogP contribution < -0.4 is 5.32 Å². The lowest BCUT2D eigenvalue weighted by Gasteiger charge is -2.38. The molecule has 2 aromatic heterocycles. The van der Waals surface area contributed by atoms with Gasteiger partial charge in [0.1, 0.15) is 6.04 Å². The van der Waals surface area contributed by atoms with Crippen molar-refractivity contribution in [2.75, 3.05) is 19.0 Å². The lowest BCUT2D eigenvalue weighted by molar-refractivity contribution is -0.149. The van der Waals surface area contributed by atoms with Crippen molar-refractivity contribution < 1.29 is 14.3 Å². The zero-order valence-corrected chi connectivity index (χ0v) is 12.7. The molecule has 1 unspecified atom stereocenters. The van der Waals surface area contributed by atoms with Crippen LogP contribution in [0.15, 0.2) is 12.3 Å². The number of likely N-dealkylation sites (tertiary alicyclic amines) is 1. The van der Waals surface area contributed by atoms with Gasteiger partial charge in [0.2, 0.25) is 0 Å². The Morgan fingerprint density at radius 2 is 2.23 bits per heavy atom. The highest BCUT2D eigenvalue weighted by Crippen LogP contribution is 2.22. The van der Waals surface area contributed by atoms with Crippen LogP contribution in [0.4, 0.5) is 10.5 Å². The van der Waals surface area contributed by atoms with E-state index in [2.05, 4.69) is 20.1 Å². The smallest absolute Gasteiger partial charge is 0.328 e. The van der Waals surface area contributed by atoms with Crippen molar-refractivity contribution in [1.29, 1.82) is 0 Å². The van der Waals surface area contributed by atoms with Crippen molar-refractivity contribution in [3.63, 3.8) is 0 Å². The van der Waals surface area contributed by atoms with Crippen LogP contribution in [0.5, 0.6) is 0 Å². The second-order valence-electron chi connectivity index (χ2n) is 5.26. The minimum Gasteiger partial charge on any atom is -0.467 e. The number of methoxy groups -OCH3 is 1. The number of amides is 2. The number of carbonyl (C=O) groups excluding carboxylic acids is 2. The van der Waals surface area contributed by atoms with Crippen LogP contribution in [0.25, 0.3) is 11.0 Å². The average Bonchev–Trinajstić information content (AvgIpc) is 2.72. The number of aryl methyl sites for hydroxylation is 2. The lowest BCUT2D eigenvalue weighted by Crippen LogP contribution is -2.56. The molecule has 116 valence electrons. The molecule has 0 radical (unpaired) electrons. The third-order valence-corrected chi connectivity index (χ3v) is 3.87. The van der Waals surface area contributed by atoms with Gasteiger partial charge in [-0.15, -0.1) is 0 Å². The van der Waals surface area contributed by atoms with Crippen molar-refractivity contribution in [3.05, 3.63) is 18.0 Å². The highest BCUT2D eigenvalue weighted by atomic mass is 16.5. The Balaban J connectivity index is 1.77. The number of fused-ring (bicyclic) bond motifs is 1. The Morgan fingerprint density at radius 3 is 2.86 bits per heavy atom. The van der Waals surface area contributed by atoms with E-state index < -0.39 is 12.0 Å². The summed E-state index contributed by atoms with van der Waals surface area (Å²) in [7, 11) is 3.14. The van der Waals surface area contributed by atoms with Gasteiger partial charge >= 0.3 is 12.0 Å². The fourth-order valence-electron chi connectivity index (χ4n) is 2.58. The molecule has 1 atom stereocenters. The molecule has 2 amide bonds. The van der Waals surface area contributed by atoms with Crippen LogP contribution in [-0.4, -0.2) is 51.4 Å². The molecule has 1 aliphatic heterocycles. The van der Waals surface area contributed by atoms with E-state index in [1.807, 2.05) is 20.0 Å². The molecule has 0 aliphatic carbocycles. The summed E-state index contributed by atoms with van der Waals surface area (Å²) in [4.78, 5) is 29.5. The van der Waals surface area contributed by atoms with E-state index in [0.29, 0.717) is 18.7 Å². The molecule has 8 nitrogen and oxygen atoms in total. The van der Waals surface area contributed by atoms with Gasteiger partial charge in [0.15, 0.2) is 5.65 Å². The Morgan fingerprint density at radius 1 is 1.45 bits per heavy atom. The first-order valence-corrected chi connectivity index (χ1v) is 6.96. The van der Waals surface area contributed by atoms with Crippen molar-refractivity contribution in [2.24, 2.45) is 7.05 Å². The van der Waals surface area contributed by atoms with Crippen molar-refractivity contribution >= 4 is 28.7 Å². The predicted molar refractivity (Wildman–Crippen MR) is 79.4 cm³/mol. The van der Waals surface area contributed by atoms with Crippen molar-refractivity contribution in [3.8, 4) is 0 Å². The maximum absolute atomic E-state index is 12.2. The molecule has 22 heavy (non-hydrogen) atoms. The fourth-order valence-corrected chi connectivity index (χ4v) is 2.58. The molecular weight excluding hydrogens is 286 g/mol. The number of urea groups is 1. The maximum atomic E-state index is 12.2. The average molecular weight is 303 g/mol. The molecule has 3 heterocycles. The van der Waals surface area contributed by atoms with Crippen LogP contribution in [0.2, 0.25) is 0 Å². The zero-order chi connectivity index (χ0) is 15.9. The number of rotatable bonds is 2. The summed E-state index contributed by atoms with van der Waals surface area (Å²) in [5.74, 6) is -0.391. The SMILES string of the molecule is COC(=O)C1CCN1C(=O)Nc1cnc2c(c1)c(C)nn2C. The van der Waals surface area contributed by atoms with E-state index in [0.717, 1.165) is 16.7 Å². The minimum absolute atomic E-state index is 0.329. The normalized spacial score (nSPS) is 17.2. The molecule has 0 spiro atoms. The van der Waals surface area contributed by atoms with Gasteiger partial charge in [-0.1, -0.05) is 0 Å². The van der Waals surface area contributed by atoms with Crippen LogP contribution in [0.1, 0.15) is 12.1 Å². The molecule has 1 saturated heterocycles. The van der Waals surface area contributed by atoms with E-state index in [4.69, 9.17) is 0 Å². The maximum Gasteiger partial charge on any atom is 0.328 e. The molecule has 8 heteroatoms. The standard InChI is InChI=1S/C14H17N5O3/c1-8-10-6-9(7-15-12(10)18(2)17-8)16-14(21)19-5-4-11(19)13(20)22-3/h6-7,11H,4-5H2,1-3H3,(H,16,21). The summed E-state index contributed by atoms with van der Waals surface area (Å²) < 4.78 is 6.37. The first-order chi connectivity index (χ1) is 10.5. The number of carbonyl (C=O) groups is 2. The second kappa shape index (κ2) is 5.28. The molecule has 3 rings (SSSR count). The number of nitrogens with one attached hydrogen (secondary N) is 1. The third kappa shape index (κ3) is 2.26. The van der Waals surface area contributed by atoms with E-state index in [1.165, 1.54) is 12.0 Å². The molecule has 0 bridgehead atoms. The Kier molecular flexibility index (Phi) is 3.44. The van der Waals surface area contributed by atoms with Crippen LogP contribution in [-0.2, 0) is 16.6 Å². The first-order valence-electron chi connectivity index (χ1n) is 6.96. The van der Waals surface area contributed by atoms with E-state index in [-0.39, 0.29) is 6.03 Å². The van der Waals surface area contributed by atoms with Gasteiger partial charge in [0.05, 0.1) is 24.7 Å². The predicted octanol–water partition coefficient (Wildman–Crippen LogP) is 1.06. The van der Waals surface area contributed by atoms with Gasteiger partial charge in [-0.05, 0) is 19.4 Å². The number of aromatic nitrogens is 3. The van der Waals surface area contributed by atoms with E-state index >= 15 is 0 Å². The molecular formula is C14H17N5O3. The summed E-state index contributed by atoms with van der Waals surface area (Å²) in [5.41, 5.74) is 2.17. The summed E-state index contributed by atoms with van der Waals surface area (Å²) in [5, 5.41) is 7.93. The monoisotopic (exact) mass is 303 g/mol. The number of nitrogens with zero attached hydrogens (tertiary/aromatic N) is 4. The number of hydrogen-bond acceptors (Lipinski definition) is 5. The van der Waals surface area contributed by atoms with Gasteiger partial charge in [0, 0.05) is 19.0 Å². The third-order valence-electron chi connectivity index (χ3n) is 3.87. The largest absolute Gasteiger partial charge is 0.467 e. The molecule has 1 N–H and O–H groups in total. The van der Waals surface area contributed by atoms with Crippen molar-refractivity contribution in [1.82, 2.24) is 19.7 Å². The zero-order valence-electron chi connectivity index (χ0n) is 12.7. The molecule has 1 aliphatic rings. The van der Waals surface area contributed by atoms with Gasteiger partial charge in [-0.25, -0.2) is 14.6 Å². The van der Waals surface area contributed by atoms with Gasteiger partial charge in [-0.3, -0.25) is 4.68 Å². The Labute approximate surface area is 127 Å². The fraction of sp³-hybridized carbons (Fsp3) is 0.429. The molecule has 2 aromatic rings. The highest BCUT2D eigenvalue weighted by Gasteiger charge is 2.38. The molecule has 1 fully saturated rings. The van der Waals surface area contributed by atoms with Crippen LogP contribution in [0, 0.1) is 6.92 Å². The van der Waals surface area contributed by atoms with Gasteiger partial charge in [0.25, 0.3) is 0 Å². The van der Waals surface area contributed by atoms with Crippen LogP contribution >= 0.6 is 0 Å². The second-order valence-corrected chi connectivity index (χ2v) is 5.26. The summed E-state index contributed by atoms with van der Waals surface area (Å²) in [6, 6.07) is 1.00. The summed E-state index contributed by atoms with van der Waals surface area (Å²) >= 11 is 0. The van der Waals surface area contributed by atoms with Gasteiger partial charge in [-0.2, -0.15) is 5.10 Å². The highest BCUT2D eigenvalue weighted by molar-refractivity contribution is 5.95. The quantitative estimate of drug-likeness (QED) is 0.838. The molecule has 0 aromatic carbocycles. The number of hydrogen-bond donors (Lipinski definition) is 1. The Bertz CT molecular complexity index is 754. The number of anilines is 1. The number of ether oxygens (including phenoxy) is 1. The lowest BCUT2D eigenvalue weighted by atomic mass is 10.0. The molecule has 0 saturated carbocycles. The summed E-state index contributed by atoms with van der Waals surface area (Å²) in [6.07, 6.45) is 2.20. The van der Waals surface area contributed by atoms with E-state index in [1.54, 1.807) is 10.9 Å². The summed E-state index contributed by atoms with van der Waals surface area (Å²) in [6.45, 7) is 2.42. The van der Waals surface area contributed by atoms with Crippen LogP contribution in [0.3, 0.4) is 0 Å². The number of pyridine rings is 1. The minimum atomic E-state index is -0.498. The van der Waals surface area contributed by atoms with Gasteiger partial charge < -0.3 is 15.0 Å². The Hall–Kier alpha value is -2.64. The number of esters is 1. The first kappa shape index (κ1) is 14.3. The van der Waals surface area contributed by atoms with E-state index in [9.17, 15) is 9.59 Å². The topological polar surface area (TPSA) is 89.3 Å². The van der Waals surface area contributed by atoms with Crippen molar-refractivity contribution in [2.45, 2.75) is 19.4 Å².